The van der Waals surface area contributed by atoms with Crippen LogP contribution in [0.15, 0.2) is 0 Å². The van der Waals surface area contributed by atoms with Crippen LogP contribution in [0.25, 0.3) is 0 Å². The number of hydrogen-bond acceptors (Lipinski definition) is 2. The van der Waals surface area contributed by atoms with Gasteiger partial charge in [-0.25, -0.2) is 4.79 Å². The van der Waals surface area contributed by atoms with Crippen LogP contribution in [0.4, 0.5) is 4.79 Å². The van der Waals surface area contributed by atoms with Crippen LogP contribution in [0.1, 0.15) is 26.2 Å². The van der Waals surface area contributed by atoms with Crippen LogP contribution >= 0.6 is 0 Å². The van der Waals surface area contributed by atoms with Crippen LogP contribution in [0.5, 0.6) is 0 Å². The van der Waals surface area contributed by atoms with Crippen molar-refractivity contribution in [2.24, 2.45) is 5.73 Å². The zero-order valence-corrected chi connectivity index (χ0v) is 8.42. The molecule has 0 bridgehead atoms. The molecular formula is C9H19N3O. The Hall–Kier alpha value is -0.770. The molecule has 0 aromatic heterocycles. The second-order valence-electron chi connectivity index (χ2n) is 3.76. The molecule has 0 aliphatic carbocycles. The van der Waals surface area contributed by atoms with E-state index in [9.17, 15) is 4.79 Å². The first kappa shape index (κ1) is 10.3. The Morgan fingerprint density at radius 3 is 3.00 bits per heavy atom. The molecule has 0 spiro atoms. The standard InChI is InChI=1S/C9H19N3O/c1-7(10)6-8-4-3-5-12(8)9(13)11-2/h7-8H,3-6,10H2,1-2H3,(H,11,13). The summed E-state index contributed by atoms with van der Waals surface area (Å²) in [6, 6.07) is 0.554. The molecule has 3 N–H and O–H groups in total. The predicted octanol–water partition coefficient (Wildman–Crippen LogP) is 0.527. The van der Waals surface area contributed by atoms with Crippen LogP contribution in [-0.2, 0) is 0 Å². The number of nitrogens with one attached hydrogen (secondary N) is 1. The van der Waals surface area contributed by atoms with Crippen molar-refractivity contribution in [2.75, 3.05) is 13.6 Å². The summed E-state index contributed by atoms with van der Waals surface area (Å²) in [5.74, 6) is 0. The van der Waals surface area contributed by atoms with Gasteiger partial charge in [-0.3, -0.25) is 0 Å². The highest BCUT2D eigenvalue weighted by Crippen LogP contribution is 2.20. The smallest absolute Gasteiger partial charge is 0.317 e. The third-order valence-electron chi connectivity index (χ3n) is 2.50. The zero-order chi connectivity index (χ0) is 9.84. The first-order valence-corrected chi connectivity index (χ1v) is 4.89. The van der Waals surface area contributed by atoms with E-state index in [-0.39, 0.29) is 12.1 Å². The van der Waals surface area contributed by atoms with E-state index in [1.807, 2.05) is 11.8 Å². The SMILES string of the molecule is CNC(=O)N1CCCC1CC(C)N. The van der Waals surface area contributed by atoms with E-state index in [0.717, 1.165) is 25.8 Å². The molecule has 4 nitrogen and oxygen atoms in total. The van der Waals surface area contributed by atoms with Gasteiger partial charge in [0.2, 0.25) is 0 Å². The van der Waals surface area contributed by atoms with E-state index in [1.54, 1.807) is 7.05 Å². The van der Waals surface area contributed by atoms with Gasteiger partial charge >= 0.3 is 6.03 Å². The van der Waals surface area contributed by atoms with Crippen molar-refractivity contribution < 1.29 is 4.79 Å². The zero-order valence-electron chi connectivity index (χ0n) is 8.42. The lowest BCUT2D eigenvalue weighted by Crippen LogP contribution is -2.43. The number of hydrogen-bond donors (Lipinski definition) is 2. The molecule has 1 saturated heterocycles. The van der Waals surface area contributed by atoms with E-state index in [0.29, 0.717) is 6.04 Å². The van der Waals surface area contributed by atoms with E-state index < -0.39 is 0 Å². The van der Waals surface area contributed by atoms with Crippen LogP contribution in [0.3, 0.4) is 0 Å². The first-order valence-electron chi connectivity index (χ1n) is 4.89. The van der Waals surface area contributed by atoms with Gasteiger partial charge in [-0.15, -0.1) is 0 Å². The number of carbonyl (C=O) groups excluding carboxylic acids is 1. The minimum absolute atomic E-state index is 0.0307. The Bertz CT molecular complexity index is 182. The van der Waals surface area contributed by atoms with E-state index in [2.05, 4.69) is 5.32 Å². The molecule has 1 heterocycles. The molecule has 4 heteroatoms. The van der Waals surface area contributed by atoms with Crippen molar-refractivity contribution >= 4 is 6.03 Å². The average Bonchev–Trinajstić information content (AvgIpc) is 2.50. The van der Waals surface area contributed by atoms with E-state index in [1.165, 1.54) is 0 Å². The molecule has 1 fully saturated rings. The van der Waals surface area contributed by atoms with Crippen molar-refractivity contribution in [3.05, 3.63) is 0 Å². The Balaban J connectivity index is 2.48. The summed E-state index contributed by atoms with van der Waals surface area (Å²) in [6.45, 7) is 2.86. The number of urea groups is 1. The summed E-state index contributed by atoms with van der Waals surface area (Å²) in [6.07, 6.45) is 3.10. The lowest BCUT2D eigenvalue weighted by molar-refractivity contribution is 0.190. The Morgan fingerprint density at radius 2 is 2.46 bits per heavy atom. The lowest BCUT2D eigenvalue weighted by Gasteiger charge is -2.25. The summed E-state index contributed by atoms with van der Waals surface area (Å²) < 4.78 is 0. The van der Waals surface area contributed by atoms with Crippen LogP contribution in [0.2, 0.25) is 0 Å². The molecule has 0 saturated carbocycles. The normalized spacial score (nSPS) is 24.5. The number of nitrogens with zero attached hydrogens (tertiary/aromatic N) is 1. The Kier molecular flexibility index (Phi) is 3.54. The first-order chi connectivity index (χ1) is 6.15. The maximum atomic E-state index is 11.4. The summed E-state index contributed by atoms with van der Waals surface area (Å²) in [4.78, 5) is 13.3. The summed E-state index contributed by atoms with van der Waals surface area (Å²) >= 11 is 0. The molecule has 1 rings (SSSR count). The maximum absolute atomic E-state index is 11.4. The number of likely N-dealkylation sites (tertiary alicyclic amines) is 1. The van der Waals surface area contributed by atoms with Gasteiger partial charge in [0.15, 0.2) is 0 Å². The lowest BCUT2D eigenvalue weighted by atomic mass is 10.1. The van der Waals surface area contributed by atoms with Gasteiger partial charge in [-0.2, -0.15) is 0 Å². The largest absolute Gasteiger partial charge is 0.341 e. The Morgan fingerprint density at radius 1 is 1.77 bits per heavy atom. The molecular weight excluding hydrogens is 166 g/mol. The molecule has 2 unspecified atom stereocenters. The number of rotatable bonds is 2. The quantitative estimate of drug-likeness (QED) is 0.659. The summed E-state index contributed by atoms with van der Waals surface area (Å²) in [5, 5.41) is 2.66. The van der Waals surface area contributed by atoms with Crippen LogP contribution < -0.4 is 11.1 Å². The van der Waals surface area contributed by atoms with Crippen molar-refractivity contribution in [1.82, 2.24) is 10.2 Å². The van der Waals surface area contributed by atoms with E-state index >= 15 is 0 Å². The molecule has 0 radical (unpaired) electrons. The molecule has 0 aromatic rings. The minimum atomic E-state index is 0.0307. The van der Waals surface area contributed by atoms with Gasteiger partial charge in [0.05, 0.1) is 0 Å². The number of carbonyl (C=O) groups is 1. The van der Waals surface area contributed by atoms with Gasteiger partial charge < -0.3 is 16.0 Å². The van der Waals surface area contributed by atoms with Crippen LogP contribution in [-0.4, -0.2) is 36.6 Å². The van der Waals surface area contributed by atoms with Crippen molar-refractivity contribution in [2.45, 2.75) is 38.3 Å². The number of nitrogens with two attached hydrogens (primary N) is 1. The van der Waals surface area contributed by atoms with Gasteiger partial charge in [0, 0.05) is 25.7 Å². The molecule has 2 atom stereocenters. The minimum Gasteiger partial charge on any atom is -0.341 e. The maximum Gasteiger partial charge on any atom is 0.317 e. The molecule has 13 heavy (non-hydrogen) atoms. The van der Waals surface area contributed by atoms with E-state index in [4.69, 9.17) is 5.73 Å². The molecule has 2 amide bonds. The third kappa shape index (κ3) is 2.59. The highest BCUT2D eigenvalue weighted by atomic mass is 16.2. The fraction of sp³-hybridized carbons (Fsp3) is 0.889. The molecule has 1 aliphatic rings. The van der Waals surface area contributed by atoms with Crippen molar-refractivity contribution in [1.29, 1.82) is 0 Å². The average molecular weight is 185 g/mol. The van der Waals surface area contributed by atoms with Crippen molar-refractivity contribution in [3.8, 4) is 0 Å². The molecule has 76 valence electrons. The molecule has 0 aromatic carbocycles. The monoisotopic (exact) mass is 185 g/mol. The summed E-state index contributed by atoms with van der Waals surface area (Å²) in [7, 11) is 1.67. The Labute approximate surface area is 79.5 Å². The van der Waals surface area contributed by atoms with Crippen LogP contribution in [0, 0.1) is 0 Å². The van der Waals surface area contributed by atoms with Gasteiger partial charge in [-0.05, 0) is 26.2 Å². The fourth-order valence-corrected chi connectivity index (χ4v) is 1.92. The second kappa shape index (κ2) is 4.46. The third-order valence-corrected chi connectivity index (χ3v) is 2.50. The van der Waals surface area contributed by atoms with Crippen molar-refractivity contribution in [3.63, 3.8) is 0 Å². The fourth-order valence-electron chi connectivity index (χ4n) is 1.92. The van der Waals surface area contributed by atoms with Gasteiger partial charge in [0.25, 0.3) is 0 Å². The summed E-state index contributed by atoms with van der Waals surface area (Å²) in [5.41, 5.74) is 5.72. The second-order valence-corrected chi connectivity index (χ2v) is 3.76. The molecule has 1 aliphatic heterocycles. The predicted molar refractivity (Wildman–Crippen MR) is 52.5 cm³/mol. The topological polar surface area (TPSA) is 58.4 Å². The number of amides is 2. The van der Waals surface area contributed by atoms with Gasteiger partial charge in [0.1, 0.15) is 0 Å². The van der Waals surface area contributed by atoms with Gasteiger partial charge in [-0.1, -0.05) is 0 Å². The highest BCUT2D eigenvalue weighted by Gasteiger charge is 2.28. The highest BCUT2D eigenvalue weighted by molar-refractivity contribution is 5.74.